The zero-order valence-electron chi connectivity index (χ0n) is 24.8. The molecule has 9 nitrogen and oxygen atoms in total. The number of rotatable bonds is 6. The third-order valence-electron chi connectivity index (χ3n) is 6.84. The molecule has 0 fully saturated rings. The summed E-state index contributed by atoms with van der Waals surface area (Å²) in [5.74, 6) is 2.11. The second-order valence-corrected chi connectivity index (χ2v) is 12.9. The van der Waals surface area contributed by atoms with Crippen molar-refractivity contribution in [2.45, 2.75) is 66.2 Å². The van der Waals surface area contributed by atoms with Crippen LogP contribution in [0.3, 0.4) is 0 Å². The van der Waals surface area contributed by atoms with Crippen molar-refractivity contribution in [3.63, 3.8) is 0 Å². The summed E-state index contributed by atoms with van der Waals surface area (Å²) in [6, 6.07) is 13.9. The zero-order valence-corrected chi connectivity index (χ0v) is 26.9. The highest BCUT2D eigenvalue weighted by Crippen LogP contribution is 2.30. The van der Waals surface area contributed by atoms with Crippen molar-refractivity contribution < 1.29 is 10.2 Å². The molecule has 0 atom stereocenters. The van der Waals surface area contributed by atoms with Crippen molar-refractivity contribution in [3.8, 4) is 0 Å². The molecule has 0 aliphatic carbocycles. The van der Waals surface area contributed by atoms with Crippen molar-refractivity contribution in [1.29, 1.82) is 0 Å². The minimum Gasteiger partial charge on any atom is -0.386 e. The molecule has 10 heteroatoms. The number of hydrogen-bond acceptors (Lipinski definition) is 6. The Hall–Kier alpha value is -2.96. The molecule has 0 aliphatic rings. The second kappa shape index (κ2) is 11.1. The Morgan fingerprint density at radius 2 is 1.35 bits per heavy atom. The average Bonchev–Trinajstić information content (AvgIpc) is 3.45. The van der Waals surface area contributed by atoms with Gasteiger partial charge >= 0.3 is 0 Å². The number of aromatic nitrogens is 6. The second-order valence-electron chi connectivity index (χ2n) is 11.8. The standard InChI is InChI=1S/C19H27N5O.C11H13IN2O/c1-12(2)11-24-13(3)9-17(21-24)20-18-15-8-7-14(19(4,5)25)10-16(15)23(6)22-18;1-11(2,15)7-4-5-8-9(6-7)14(3)13-10(8)12/h7-10,12,25H,11H2,1-6H3,(H,20,21,22);4-6,15H,1-3H3. The summed E-state index contributed by atoms with van der Waals surface area (Å²) in [6.07, 6.45) is 0. The van der Waals surface area contributed by atoms with Crippen molar-refractivity contribution in [3.05, 3.63) is 63.0 Å². The van der Waals surface area contributed by atoms with Crippen molar-refractivity contribution in [2.24, 2.45) is 20.0 Å². The van der Waals surface area contributed by atoms with Gasteiger partial charge in [0.2, 0.25) is 0 Å². The predicted octanol–water partition coefficient (Wildman–Crippen LogP) is 6.11. The average molecular weight is 658 g/mol. The predicted molar refractivity (Wildman–Crippen MR) is 170 cm³/mol. The first-order chi connectivity index (χ1) is 18.5. The highest BCUT2D eigenvalue weighted by Gasteiger charge is 2.19. The first-order valence-electron chi connectivity index (χ1n) is 13.4. The fourth-order valence-corrected chi connectivity index (χ4v) is 5.33. The van der Waals surface area contributed by atoms with Gasteiger partial charge in [-0.25, -0.2) is 0 Å². The zero-order chi connectivity index (χ0) is 29.6. The van der Waals surface area contributed by atoms with Crippen LogP contribution in [0.4, 0.5) is 11.6 Å². The Morgan fingerprint density at radius 3 is 1.90 bits per heavy atom. The molecule has 0 saturated heterocycles. The van der Waals surface area contributed by atoms with Crippen LogP contribution in [0.2, 0.25) is 0 Å². The lowest BCUT2D eigenvalue weighted by Gasteiger charge is -2.17. The van der Waals surface area contributed by atoms with E-state index in [1.165, 1.54) is 0 Å². The number of aliphatic hydroxyl groups is 2. The van der Waals surface area contributed by atoms with Crippen LogP contribution in [0, 0.1) is 16.5 Å². The topological polar surface area (TPSA) is 106 Å². The third kappa shape index (κ3) is 6.50. The molecule has 0 saturated carbocycles. The molecule has 5 rings (SSSR count). The van der Waals surface area contributed by atoms with E-state index in [2.05, 4.69) is 64.0 Å². The van der Waals surface area contributed by atoms with Crippen molar-refractivity contribution in [1.82, 2.24) is 29.3 Å². The van der Waals surface area contributed by atoms with Gasteiger partial charge in [-0.05, 0) is 98.5 Å². The van der Waals surface area contributed by atoms with Crippen LogP contribution in [-0.2, 0) is 31.8 Å². The van der Waals surface area contributed by atoms with E-state index in [0.29, 0.717) is 5.92 Å². The van der Waals surface area contributed by atoms with Gasteiger partial charge in [0.05, 0.1) is 22.2 Å². The number of nitrogens with one attached hydrogen (secondary N) is 1. The van der Waals surface area contributed by atoms with E-state index >= 15 is 0 Å². The molecule has 0 unspecified atom stereocenters. The van der Waals surface area contributed by atoms with E-state index in [-0.39, 0.29) is 0 Å². The maximum absolute atomic E-state index is 10.2. The summed E-state index contributed by atoms with van der Waals surface area (Å²) in [7, 11) is 3.82. The number of halogens is 1. The van der Waals surface area contributed by atoms with Gasteiger partial charge in [-0.2, -0.15) is 15.3 Å². The van der Waals surface area contributed by atoms with Gasteiger partial charge in [-0.15, -0.1) is 0 Å². The van der Waals surface area contributed by atoms with Gasteiger partial charge in [-0.3, -0.25) is 14.0 Å². The van der Waals surface area contributed by atoms with Gasteiger partial charge in [0.25, 0.3) is 0 Å². The van der Waals surface area contributed by atoms with Crippen molar-refractivity contribution >= 4 is 56.0 Å². The molecular weight excluding hydrogens is 617 g/mol. The number of nitrogens with zero attached hydrogens (tertiary/aromatic N) is 6. The van der Waals surface area contributed by atoms with Gasteiger partial charge in [0.1, 0.15) is 3.70 Å². The van der Waals surface area contributed by atoms with Gasteiger partial charge < -0.3 is 15.5 Å². The molecule has 0 amide bonds. The molecule has 0 spiro atoms. The number of anilines is 2. The SMILES string of the molecule is Cc1cc(Nc2nn(C)c3cc(C(C)(C)O)ccc23)nn1CC(C)C.Cn1nc(I)c2ccc(C(C)(C)O)cc21. The van der Waals surface area contributed by atoms with Crippen LogP contribution in [0.1, 0.15) is 58.4 Å². The summed E-state index contributed by atoms with van der Waals surface area (Å²) in [4.78, 5) is 0. The van der Waals surface area contributed by atoms with Crippen LogP contribution in [-0.4, -0.2) is 39.6 Å². The van der Waals surface area contributed by atoms with E-state index in [1.807, 2.05) is 70.6 Å². The molecule has 214 valence electrons. The number of benzene rings is 2. The summed E-state index contributed by atoms with van der Waals surface area (Å²) >= 11 is 2.22. The van der Waals surface area contributed by atoms with E-state index < -0.39 is 11.2 Å². The van der Waals surface area contributed by atoms with Crippen LogP contribution >= 0.6 is 22.6 Å². The minimum absolute atomic E-state index is 0.544. The van der Waals surface area contributed by atoms with E-state index in [4.69, 9.17) is 0 Å². The van der Waals surface area contributed by atoms with E-state index in [0.717, 1.165) is 60.5 Å². The summed E-state index contributed by atoms with van der Waals surface area (Å²) < 4.78 is 6.68. The molecule has 0 radical (unpaired) electrons. The molecular formula is C30H40IN7O2. The highest BCUT2D eigenvalue weighted by molar-refractivity contribution is 14.1. The molecule has 5 aromatic rings. The molecule has 3 aromatic heterocycles. The molecule has 3 N–H and O–H groups in total. The lowest BCUT2D eigenvalue weighted by Crippen LogP contribution is -2.15. The van der Waals surface area contributed by atoms with Crippen LogP contribution in [0.15, 0.2) is 42.5 Å². The Morgan fingerprint density at radius 1 is 0.825 bits per heavy atom. The summed E-state index contributed by atoms with van der Waals surface area (Å²) in [6.45, 7) is 14.5. The van der Waals surface area contributed by atoms with Crippen LogP contribution < -0.4 is 5.32 Å². The van der Waals surface area contributed by atoms with Crippen LogP contribution in [0.5, 0.6) is 0 Å². The Balaban J connectivity index is 0.000000210. The molecule has 3 heterocycles. The quantitative estimate of drug-likeness (QED) is 0.191. The van der Waals surface area contributed by atoms with Crippen molar-refractivity contribution in [2.75, 3.05) is 5.32 Å². The summed E-state index contributed by atoms with van der Waals surface area (Å²) in [5, 5.41) is 39.2. The molecule has 0 aliphatic heterocycles. The maximum atomic E-state index is 10.2. The fraction of sp³-hybridized carbons (Fsp3) is 0.433. The van der Waals surface area contributed by atoms with Gasteiger partial charge in [0.15, 0.2) is 11.6 Å². The Labute approximate surface area is 249 Å². The lowest BCUT2D eigenvalue weighted by molar-refractivity contribution is 0.0781. The minimum atomic E-state index is -0.876. The monoisotopic (exact) mass is 657 g/mol. The van der Waals surface area contributed by atoms with Gasteiger partial charge in [0, 0.05) is 43.2 Å². The summed E-state index contributed by atoms with van der Waals surface area (Å²) in [5.41, 5.74) is 3.25. The number of aryl methyl sites for hydroxylation is 3. The third-order valence-corrected chi connectivity index (χ3v) is 7.63. The number of hydrogen-bond donors (Lipinski definition) is 3. The highest BCUT2D eigenvalue weighted by atomic mass is 127. The Bertz CT molecular complexity index is 1650. The smallest absolute Gasteiger partial charge is 0.161 e. The maximum Gasteiger partial charge on any atom is 0.161 e. The first-order valence-corrected chi connectivity index (χ1v) is 14.5. The lowest BCUT2D eigenvalue weighted by atomic mass is 9.97. The van der Waals surface area contributed by atoms with Crippen LogP contribution in [0.25, 0.3) is 21.8 Å². The molecule has 2 aromatic carbocycles. The molecule has 0 bridgehead atoms. The van der Waals surface area contributed by atoms with E-state index in [1.54, 1.807) is 27.7 Å². The fourth-order valence-electron chi connectivity index (χ4n) is 4.55. The molecule has 40 heavy (non-hydrogen) atoms. The normalized spacial score (nSPS) is 12.3. The number of fused-ring (bicyclic) bond motifs is 2. The van der Waals surface area contributed by atoms with Gasteiger partial charge in [-0.1, -0.05) is 26.0 Å². The first kappa shape index (κ1) is 30.0. The Kier molecular flexibility index (Phi) is 8.35. The largest absolute Gasteiger partial charge is 0.386 e. The van der Waals surface area contributed by atoms with E-state index in [9.17, 15) is 10.2 Å².